The Morgan fingerprint density at radius 2 is 0.694 bits per heavy atom. The molecule has 0 unspecified atom stereocenters. The van der Waals surface area contributed by atoms with Gasteiger partial charge in [0.1, 0.15) is 0 Å². The maximum absolute atomic E-state index is 2.41. The van der Waals surface area contributed by atoms with Gasteiger partial charge in [-0.1, -0.05) is 127 Å². The topological polar surface area (TPSA) is 0 Å². The predicted octanol–water partition coefficient (Wildman–Crippen LogP) is 10.3. The van der Waals surface area contributed by atoms with E-state index < -0.39 is 0 Å². The fourth-order valence-corrected chi connectivity index (χ4v) is 6.29. The van der Waals surface area contributed by atoms with Gasteiger partial charge in [-0.05, 0) is 81.8 Å². The molecule has 166 valence electrons. The van der Waals surface area contributed by atoms with Crippen LogP contribution in [0, 0.1) is 0 Å². The van der Waals surface area contributed by atoms with Crippen LogP contribution in [0.3, 0.4) is 0 Å². The average molecular weight is 455 g/mol. The van der Waals surface area contributed by atoms with Gasteiger partial charge in [0, 0.05) is 0 Å². The molecule has 0 heteroatoms. The van der Waals surface area contributed by atoms with Crippen LogP contribution < -0.4 is 0 Å². The first-order valence-corrected chi connectivity index (χ1v) is 12.5. The molecule has 0 bridgehead atoms. The molecule has 8 aromatic carbocycles. The normalized spacial score (nSPS) is 11.9. The van der Waals surface area contributed by atoms with E-state index in [0.717, 1.165) is 0 Å². The van der Waals surface area contributed by atoms with E-state index in [1.807, 2.05) is 0 Å². The molecule has 8 aromatic rings. The van der Waals surface area contributed by atoms with Crippen LogP contribution in [-0.4, -0.2) is 0 Å². The molecule has 0 aromatic heterocycles. The van der Waals surface area contributed by atoms with Crippen LogP contribution >= 0.6 is 0 Å². The standard InChI is InChI=1S/C36H22/c1-2-13-25-23(10-1)11-7-18-26(25)34-22-24-12-8-19-31-29-16-5-3-14-27(29)28-15-4-6-17-30(28)32-20-9-21-33(34)36(32)35(24)31/h1-22H. The molecule has 0 heterocycles. The molecule has 0 fully saturated rings. The Morgan fingerprint density at radius 3 is 1.42 bits per heavy atom. The quantitative estimate of drug-likeness (QED) is 0.216. The minimum atomic E-state index is 1.27. The van der Waals surface area contributed by atoms with Gasteiger partial charge in [-0.15, -0.1) is 0 Å². The van der Waals surface area contributed by atoms with Crippen molar-refractivity contribution in [2.75, 3.05) is 0 Å². The Labute approximate surface area is 209 Å². The number of fused-ring (bicyclic) bond motifs is 6. The molecule has 8 rings (SSSR count). The minimum absolute atomic E-state index is 1.27. The van der Waals surface area contributed by atoms with Gasteiger partial charge in [-0.2, -0.15) is 0 Å². The van der Waals surface area contributed by atoms with Crippen LogP contribution in [0.4, 0.5) is 0 Å². The van der Waals surface area contributed by atoms with Crippen molar-refractivity contribution in [2.45, 2.75) is 0 Å². The third-order valence-electron chi connectivity index (χ3n) is 7.81. The highest BCUT2D eigenvalue weighted by atomic mass is 14.2. The fourth-order valence-electron chi connectivity index (χ4n) is 6.29. The van der Waals surface area contributed by atoms with Crippen LogP contribution in [-0.2, 0) is 0 Å². The Morgan fingerprint density at radius 1 is 0.250 bits per heavy atom. The maximum Gasteiger partial charge on any atom is -0.00141 e. The molecular formula is C36H22. The highest BCUT2D eigenvalue weighted by Crippen LogP contribution is 2.44. The van der Waals surface area contributed by atoms with E-state index in [2.05, 4.69) is 133 Å². The van der Waals surface area contributed by atoms with Crippen molar-refractivity contribution >= 4 is 64.6 Å². The van der Waals surface area contributed by atoms with Crippen molar-refractivity contribution in [1.82, 2.24) is 0 Å². The molecule has 0 aliphatic rings. The van der Waals surface area contributed by atoms with E-state index in [4.69, 9.17) is 0 Å². The van der Waals surface area contributed by atoms with E-state index in [0.29, 0.717) is 0 Å². The van der Waals surface area contributed by atoms with Gasteiger partial charge in [0.25, 0.3) is 0 Å². The van der Waals surface area contributed by atoms with Crippen LogP contribution in [0.1, 0.15) is 0 Å². The second kappa shape index (κ2) is 7.41. The molecule has 0 atom stereocenters. The highest BCUT2D eigenvalue weighted by molar-refractivity contribution is 6.34. The molecule has 0 radical (unpaired) electrons. The lowest BCUT2D eigenvalue weighted by molar-refractivity contribution is 1.71. The summed E-state index contributed by atoms with van der Waals surface area (Å²) in [4.78, 5) is 0. The minimum Gasteiger partial charge on any atom is -0.0616 e. The zero-order valence-corrected chi connectivity index (χ0v) is 19.7. The SMILES string of the molecule is c1ccc2c(-c3cc4cccc5c6ccccc6c6ccccc6c6cccc3c6c45)cccc2c1. The summed E-state index contributed by atoms with van der Waals surface area (Å²) < 4.78 is 0. The molecule has 0 N–H and O–H groups in total. The third-order valence-corrected chi connectivity index (χ3v) is 7.81. The summed E-state index contributed by atoms with van der Waals surface area (Å²) in [7, 11) is 0. The summed E-state index contributed by atoms with van der Waals surface area (Å²) in [6, 6.07) is 49.1. The lowest BCUT2D eigenvalue weighted by Gasteiger charge is -2.17. The van der Waals surface area contributed by atoms with Gasteiger partial charge < -0.3 is 0 Å². The monoisotopic (exact) mass is 454 g/mol. The zero-order chi connectivity index (χ0) is 23.6. The summed E-state index contributed by atoms with van der Waals surface area (Å²) >= 11 is 0. The van der Waals surface area contributed by atoms with Gasteiger partial charge in [-0.25, -0.2) is 0 Å². The largest absolute Gasteiger partial charge is 0.0616 e. The van der Waals surface area contributed by atoms with Crippen LogP contribution in [0.15, 0.2) is 133 Å². The fraction of sp³-hybridized carbons (Fsp3) is 0. The third kappa shape index (κ3) is 2.64. The lowest BCUT2D eigenvalue weighted by atomic mass is 9.86. The van der Waals surface area contributed by atoms with Crippen molar-refractivity contribution < 1.29 is 0 Å². The molecule has 0 aliphatic heterocycles. The zero-order valence-electron chi connectivity index (χ0n) is 19.7. The number of rotatable bonds is 1. The predicted molar refractivity (Wildman–Crippen MR) is 157 cm³/mol. The number of hydrogen-bond acceptors (Lipinski definition) is 0. The van der Waals surface area contributed by atoms with Crippen LogP contribution in [0.25, 0.3) is 75.8 Å². The molecule has 36 heavy (non-hydrogen) atoms. The van der Waals surface area contributed by atoms with E-state index in [9.17, 15) is 0 Å². The van der Waals surface area contributed by atoms with Crippen molar-refractivity contribution in [2.24, 2.45) is 0 Å². The van der Waals surface area contributed by atoms with Crippen molar-refractivity contribution in [3.63, 3.8) is 0 Å². The second-order valence-electron chi connectivity index (χ2n) is 9.67. The highest BCUT2D eigenvalue weighted by Gasteiger charge is 2.16. The molecule has 0 spiro atoms. The van der Waals surface area contributed by atoms with Crippen molar-refractivity contribution in [3.05, 3.63) is 133 Å². The molecule has 0 nitrogen and oxygen atoms in total. The van der Waals surface area contributed by atoms with Crippen molar-refractivity contribution in [3.8, 4) is 11.1 Å². The first-order valence-electron chi connectivity index (χ1n) is 12.5. The molecule has 0 aliphatic carbocycles. The first-order chi connectivity index (χ1) is 17.9. The lowest BCUT2D eigenvalue weighted by Crippen LogP contribution is -1.89. The van der Waals surface area contributed by atoms with E-state index >= 15 is 0 Å². The first kappa shape index (κ1) is 19.6. The average Bonchev–Trinajstić information content (AvgIpc) is 2.95. The number of hydrogen-bond donors (Lipinski definition) is 0. The summed E-state index contributed by atoms with van der Waals surface area (Å²) in [5.74, 6) is 0. The van der Waals surface area contributed by atoms with E-state index in [1.165, 1.54) is 75.8 Å². The second-order valence-corrected chi connectivity index (χ2v) is 9.67. The van der Waals surface area contributed by atoms with Gasteiger partial charge >= 0.3 is 0 Å². The summed E-state index contributed by atoms with van der Waals surface area (Å²) in [6.45, 7) is 0. The maximum atomic E-state index is 2.41. The Kier molecular flexibility index (Phi) is 4.03. The summed E-state index contributed by atoms with van der Waals surface area (Å²) in [6.07, 6.45) is 0. The van der Waals surface area contributed by atoms with Crippen LogP contribution in [0.5, 0.6) is 0 Å². The van der Waals surface area contributed by atoms with E-state index in [1.54, 1.807) is 0 Å². The van der Waals surface area contributed by atoms with Crippen molar-refractivity contribution in [1.29, 1.82) is 0 Å². The van der Waals surface area contributed by atoms with Crippen LogP contribution in [0.2, 0.25) is 0 Å². The smallest absolute Gasteiger partial charge is 0.00141 e. The van der Waals surface area contributed by atoms with Gasteiger partial charge in [0.2, 0.25) is 0 Å². The molecule has 0 saturated heterocycles. The Bertz CT molecular complexity index is 2140. The van der Waals surface area contributed by atoms with Gasteiger partial charge in [0.05, 0.1) is 0 Å². The number of benzene rings is 7. The Balaban J connectivity index is 1.72. The van der Waals surface area contributed by atoms with Gasteiger partial charge in [0.15, 0.2) is 0 Å². The van der Waals surface area contributed by atoms with E-state index in [-0.39, 0.29) is 0 Å². The molecular weight excluding hydrogens is 432 g/mol. The Hall–Kier alpha value is -4.68. The van der Waals surface area contributed by atoms with Gasteiger partial charge in [-0.3, -0.25) is 0 Å². The summed E-state index contributed by atoms with van der Waals surface area (Å²) in [5, 5.41) is 15.6. The molecule has 0 amide bonds. The molecule has 0 saturated carbocycles. The summed E-state index contributed by atoms with van der Waals surface area (Å²) in [5.41, 5.74) is 2.58.